The number of hydrogen-bond acceptors (Lipinski definition) is 4. The van der Waals surface area contributed by atoms with Gasteiger partial charge in [0.1, 0.15) is 5.60 Å². The van der Waals surface area contributed by atoms with Crippen molar-refractivity contribution in [1.82, 2.24) is 0 Å². The van der Waals surface area contributed by atoms with Crippen molar-refractivity contribution in [2.75, 3.05) is 0 Å². The number of alkyl halides is 1. The summed E-state index contributed by atoms with van der Waals surface area (Å²) in [6.07, 6.45) is 5.08. The molecule has 5 heteroatoms. The predicted octanol–water partition coefficient (Wildman–Crippen LogP) is 3.74. The van der Waals surface area contributed by atoms with Gasteiger partial charge in [-0.1, -0.05) is 15.9 Å². The molecule has 22 heavy (non-hydrogen) atoms. The van der Waals surface area contributed by atoms with Crippen LogP contribution < -0.4 is 0 Å². The van der Waals surface area contributed by atoms with Crippen molar-refractivity contribution in [2.24, 2.45) is 0 Å². The lowest BCUT2D eigenvalue weighted by molar-refractivity contribution is -0.272. The Kier molecular flexibility index (Phi) is 4.14. The van der Waals surface area contributed by atoms with Gasteiger partial charge in [-0.3, -0.25) is 4.79 Å². The summed E-state index contributed by atoms with van der Waals surface area (Å²) in [5.41, 5.74) is -0.920. The van der Waals surface area contributed by atoms with E-state index in [2.05, 4.69) is 36.7 Å². The number of carbonyl (C=O) groups is 1. The number of carbonyl (C=O) groups excluding carboxylic acids is 1. The molecule has 3 heterocycles. The molecule has 3 aliphatic heterocycles. The summed E-state index contributed by atoms with van der Waals surface area (Å²) in [7, 11) is 0. The summed E-state index contributed by atoms with van der Waals surface area (Å²) in [5, 5.41) is 0. The lowest BCUT2D eigenvalue weighted by Gasteiger charge is -2.54. The van der Waals surface area contributed by atoms with Gasteiger partial charge in [0.2, 0.25) is 0 Å². The van der Waals surface area contributed by atoms with Gasteiger partial charge >= 0.3 is 5.97 Å². The molecule has 0 N–H and O–H groups in total. The predicted molar refractivity (Wildman–Crippen MR) is 87.1 cm³/mol. The zero-order valence-corrected chi connectivity index (χ0v) is 15.6. The SMILES string of the molecule is CC1(C)OC(C)(C2CCC3(C)OC(=O)CCC3O2)CCC1Br. The van der Waals surface area contributed by atoms with Crippen LogP contribution in [0.4, 0.5) is 0 Å². The number of fused-ring (bicyclic) bond motifs is 1. The molecule has 0 bridgehead atoms. The van der Waals surface area contributed by atoms with Crippen molar-refractivity contribution in [3.63, 3.8) is 0 Å². The first-order valence-electron chi connectivity index (χ1n) is 8.36. The van der Waals surface area contributed by atoms with Crippen LogP contribution in [-0.2, 0) is 19.0 Å². The highest BCUT2D eigenvalue weighted by Crippen LogP contribution is 2.47. The minimum atomic E-state index is -0.454. The van der Waals surface area contributed by atoms with Gasteiger partial charge in [-0.15, -0.1) is 0 Å². The van der Waals surface area contributed by atoms with Crippen molar-refractivity contribution in [1.29, 1.82) is 0 Å². The molecule has 0 aromatic heterocycles. The molecule has 3 rings (SSSR count). The summed E-state index contributed by atoms with van der Waals surface area (Å²) in [4.78, 5) is 12.0. The highest BCUT2D eigenvalue weighted by atomic mass is 79.9. The second kappa shape index (κ2) is 5.45. The quantitative estimate of drug-likeness (QED) is 0.517. The van der Waals surface area contributed by atoms with E-state index in [0.717, 1.165) is 32.1 Å². The van der Waals surface area contributed by atoms with Crippen LogP contribution in [0.1, 0.15) is 66.2 Å². The molecule has 0 aromatic rings. The van der Waals surface area contributed by atoms with E-state index in [9.17, 15) is 4.79 Å². The van der Waals surface area contributed by atoms with Crippen LogP contribution in [0.25, 0.3) is 0 Å². The van der Waals surface area contributed by atoms with E-state index in [1.54, 1.807) is 0 Å². The highest BCUT2D eigenvalue weighted by Gasteiger charge is 2.54. The van der Waals surface area contributed by atoms with Gasteiger partial charge < -0.3 is 14.2 Å². The summed E-state index contributed by atoms with van der Waals surface area (Å²) in [6.45, 7) is 8.46. The first-order chi connectivity index (χ1) is 10.1. The molecular weight excluding hydrogens is 348 g/mol. The van der Waals surface area contributed by atoms with Crippen LogP contribution in [0.5, 0.6) is 0 Å². The Morgan fingerprint density at radius 1 is 1.00 bits per heavy atom. The maximum atomic E-state index is 11.6. The summed E-state index contributed by atoms with van der Waals surface area (Å²) < 4.78 is 18.5. The molecule has 3 aliphatic rings. The summed E-state index contributed by atoms with van der Waals surface area (Å²) in [6, 6.07) is 0. The Balaban J connectivity index is 1.73. The minimum absolute atomic E-state index is 0.00539. The average molecular weight is 375 g/mol. The third-order valence-corrected chi connectivity index (χ3v) is 7.26. The summed E-state index contributed by atoms with van der Waals surface area (Å²) in [5.74, 6) is -0.0933. The summed E-state index contributed by atoms with van der Waals surface area (Å²) >= 11 is 3.73. The van der Waals surface area contributed by atoms with Gasteiger partial charge in [0.25, 0.3) is 0 Å². The van der Waals surface area contributed by atoms with Crippen LogP contribution >= 0.6 is 15.9 Å². The van der Waals surface area contributed by atoms with E-state index in [4.69, 9.17) is 14.2 Å². The van der Waals surface area contributed by atoms with E-state index in [1.165, 1.54) is 0 Å². The first-order valence-corrected chi connectivity index (χ1v) is 9.28. The number of ether oxygens (including phenoxy) is 3. The number of halogens is 1. The second-order valence-corrected chi connectivity index (χ2v) is 9.11. The fourth-order valence-corrected chi connectivity index (χ4v) is 4.51. The molecule has 5 unspecified atom stereocenters. The minimum Gasteiger partial charge on any atom is -0.457 e. The lowest BCUT2D eigenvalue weighted by Crippen LogP contribution is -2.61. The normalized spacial score (nSPS) is 48.4. The van der Waals surface area contributed by atoms with Crippen LogP contribution in [0.2, 0.25) is 0 Å². The number of rotatable bonds is 1. The molecule has 3 saturated heterocycles. The Labute approximate surface area is 141 Å². The Bertz CT molecular complexity index is 466. The third-order valence-electron chi connectivity index (χ3n) is 5.70. The molecule has 0 saturated carbocycles. The Hall–Kier alpha value is -0.130. The van der Waals surface area contributed by atoms with Crippen molar-refractivity contribution >= 4 is 21.9 Å². The van der Waals surface area contributed by atoms with E-state index in [-0.39, 0.29) is 29.4 Å². The molecule has 4 nitrogen and oxygen atoms in total. The maximum Gasteiger partial charge on any atom is 0.306 e. The monoisotopic (exact) mass is 374 g/mol. The molecule has 126 valence electrons. The lowest BCUT2D eigenvalue weighted by atomic mass is 9.77. The van der Waals surface area contributed by atoms with E-state index < -0.39 is 5.60 Å². The number of esters is 1. The smallest absolute Gasteiger partial charge is 0.306 e. The van der Waals surface area contributed by atoms with Crippen LogP contribution in [0.15, 0.2) is 0 Å². The highest BCUT2D eigenvalue weighted by molar-refractivity contribution is 9.09. The molecule has 0 aromatic carbocycles. The van der Waals surface area contributed by atoms with Gasteiger partial charge in [0.15, 0.2) is 0 Å². The molecular formula is C17H27BrO4. The Morgan fingerprint density at radius 2 is 1.64 bits per heavy atom. The van der Waals surface area contributed by atoms with Crippen LogP contribution in [0.3, 0.4) is 0 Å². The van der Waals surface area contributed by atoms with Gasteiger partial charge in [-0.05, 0) is 59.8 Å². The van der Waals surface area contributed by atoms with Crippen molar-refractivity contribution < 1.29 is 19.0 Å². The number of hydrogen-bond donors (Lipinski definition) is 0. The molecule has 0 spiro atoms. The molecule has 0 radical (unpaired) electrons. The topological polar surface area (TPSA) is 44.8 Å². The Morgan fingerprint density at radius 3 is 2.32 bits per heavy atom. The standard InChI is InChI=1S/C17H27BrO4/c1-15(2)11(18)7-9-17(4,22-15)13-8-10-16(3)12(20-13)5-6-14(19)21-16/h11-13H,5-10H2,1-4H3. The maximum absolute atomic E-state index is 11.6. The fraction of sp³-hybridized carbons (Fsp3) is 0.941. The first kappa shape index (κ1) is 16.7. The van der Waals surface area contributed by atoms with Gasteiger partial charge in [-0.25, -0.2) is 0 Å². The largest absolute Gasteiger partial charge is 0.457 e. The van der Waals surface area contributed by atoms with E-state index >= 15 is 0 Å². The average Bonchev–Trinajstić information content (AvgIpc) is 2.41. The van der Waals surface area contributed by atoms with Crippen molar-refractivity contribution in [3.8, 4) is 0 Å². The molecule has 0 aliphatic carbocycles. The second-order valence-electron chi connectivity index (χ2n) is 8.00. The third kappa shape index (κ3) is 2.84. The van der Waals surface area contributed by atoms with Gasteiger partial charge in [0.05, 0.1) is 23.4 Å². The van der Waals surface area contributed by atoms with E-state index in [0.29, 0.717) is 11.2 Å². The van der Waals surface area contributed by atoms with Crippen LogP contribution in [0, 0.1) is 0 Å². The zero-order valence-electron chi connectivity index (χ0n) is 14.0. The molecule has 3 fully saturated rings. The van der Waals surface area contributed by atoms with Crippen LogP contribution in [-0.4, -0.2) is 39.8 Å². The molecule has 0 amide bonds. The molecule has 5 atom stereocenters. The van der Waals surface area contributed by atoms with Gasteiger partial charge in [-0.2, -0.15) is 0 Å². The van der Waals surface area contributed by atoms with E-state index in [1.807, 2.05) is 6.92 Å². The fourth-order valence-electron chi connectivity index (χ4n) is 4.19. The van der Waals surface area contributed by atoms with Gasteiger partial charge in [0, 0.05) is 11.2 Å². The van der Waals surface area contributed by atoms with Crippen molar-refractivity contribution in [2.45, 2.75) is 100 Å². The van der Waals surface area contributed by atoms with Crippen molar-refractivity contribution in [3.05, 3.63) is 0 Å². The zero-order chi connectivity index (χ0) is 16.2.